The van der Waals surface area contributed by atoms with Crippen molar-refractivity contribution in [1.82, 2.24) is 0 Å². The van der Waals surface area contributed by atoms with Gasteiger partial charge in [-0.05, 0) is 37.3 Å². The Bertz CT molecular complexity index is 629. The molecule has 5 heteroatoms. The average Bonchev–Trinajstić information content (AvgIpc) is 2.41. The molecule has 104 valence electrons. The van der Waals surface area contributed by atoms with Crippen LogP contribution >= 0.6 is 0 Å². The second kappa shape index (κ2) is 6.14. The van der Waals surface area contributed by atoms with E-state index in [0.29, 0.717) is 12.2 Å². The molecule has 0 fully saturated rings. The van der Waals surface area contributed by atoms with Crippen LogP contribution in [0.5, 0.6) is 0 Å². The van der Waals surface area contributed by atoms with Gasteiger partial charge < -0.3 is 10.6 Å². The summed E-state index contributed by atoms with van der Waals surface area (Å²) in [6.45, 7) is 2.29. The van der Waals surface area contributed by atoms with E-state index >= 15 is 0 Å². The van der Waals surface area contributed by atoms with Crippen LogP contribution in [0.25, 0.3) is 0 Å². The number of benzene rings is 2. The van der Waals surface area contributed by atoms with Gasteiger partial charge >= 0.3 is 0 Å². The lowest BCUT2D eigenvalue weighted by molar-refractivity contribution is 0.102. The van der Waals surface area contributed by atoms with Crippen molar-refractivity contribution in [2.24, 2.45) is 0 Å². The molecule has 0 aliphatic carbocycles. The van der Waals surface area contributed by atoms with E-state index in [-0.39, 0.29) is 11.3 Å². The lowest BCUT2D eigenvalue weighted by Gasteiger charge is -2.12. The van der Waals surface area contributed by atoms with Crippen molar-refractivity contribution in [3.8, 4) is 0 Å². The Kier molecular flexibility index (Phi) is 4.30. The van der Waals surface area contributed by atoms with Crippen LogP contribution in [0.2, 0.25) is 0 Å². The van der Waals surface area contributed by atoms with E-state index in [9.17, 15) is 13.6 Å². The number of carbonyl (C=O) groups is 1. The maximum atomic E-state index is 13.7. The molecule has 20 heavy (non-hydrogen) atoms. The van der Waals surface area contributed by atoms with Crippen LogP contribution in [0.4, 0.5) is 20.2 Å². The predicted molar refractivity (Wildman–Crippen MR) is 74.9 cm³/mol. The first-order valence-electron chi connectivity index (χ1n) is 6.21. The first-order valence-corrected chi connectivity index (χ1v) is 6.21. The molecule has 0 aliphatic heterocycles. The van der Waals surface area contributed by atoms with Gasteiger partial charge in [0, 0.05) is 12.2 Å². The van der Waals surface area contributed by atoms with Crippen molar-refractivity contribution in [2.75, 3.05) is 17.2 Å². The van der Waals surface area contributed by atoms with Crippen LogP contribution in [0.3, 0.4) is 0 Å². The molecule has 2 aromatic rings. The van der Waals surface area contributed by atoms with Crippen molar-refractivity contribution in [1.29, 1.82) is 0 Å². The van der Waals surface area contributed by atoms with Crippen molar-refractivity contribution in [3.63, 3.8) is 0 Å². The maximum absolute atomic E-state index is 13.7. The average molecular weight is 276 g/mol. The molecule has 0 spiro atoms. The van der Waals surface area contributed by atoms with E-state index in [1.165, 1.54) is 36.4 Å². The van der Waals surface area contributed by atoms with Crippen molar-refractivity contribution >= 4 is 17.3 Å². The molecule has 2 N–H and O–H groups in total. The molecule has 3 nitrogen and oxygen atoms in total. The smallest absolute Gasteiger partial charge is 0.257 e. The number of rotatable bonds is 4. The van der Waals surface area contributed by atoms with Crippen molar-refractivity contribution in [2.45, 2.75) is 6.92 Å². The molecule has 2 rings (SSSR count). The molecule has 0 heterocycles. The van der Waals surface area contributed by atoms with Gasteiger partial charge in [-0.25, -0.2) is 8.78 Å². The van der Waals surface area contributed by atoms with Crippen LogP contribution in [-0.4, -0.2) is 12.5 Å². The second-order valence-electron chi connectivity index (χ2n) is 4.16. The minimum atomic E-state index is -0.501. The molecule has 0 saturated carbocycles. The first-order chi connectivity index (χ1) is 9.61. The van der Waals surface area contributed by atoms with Gasteiger partial charge in [0.05, 0.1) is 11.3 Å². The highest BCUT2D eigenvalue weighted by molar-refractivity contribution is 6.08. The van der Waals surface area contributed by atoms with Crippen LogP contribution in [0.1, 0.15) is 17.3 Å². The van der Waals surface area contributed by atoms with Gasteiger partial charge in [0.25, 0.3) is 5.91 Å². The Labute approximate surface area is 115 Å². The van der Waals surface area contributed by atoms with Gasteiger partial charge in [-0.1, -0.05) is 12.1 Å². The number of carbonyl (C=O) groups excluding carboxylic acids is 1. The van der Waals surface area contributed by atoms with Crippen LogP contribution < -0.4 is 10.6 Å². The van der Waals surface area contributed by atoms with Gasteiger partial charge in [0.15, 0.2) is 0 Å². The van der Waals surface area contributed by atoms with Gasteiger partial charge in [-0.3, -0.25) is 4.79 Å². The summed E-state index contributed by atoms with van der Waals surface area (Å²) in [7, 11) is 0. The Morgan fingerprint density at radius 1 is 1.15 bits per heavy atom. The van der Waals surface area contributed by atoms with Crippen molar-refractivity contribution < 1.29 is 13.6 Å². The number of hydrogen-bond acceptors (Lipinski definition) is 2. The highest BCUT2D eigenvalue weighted by Gasteiger charge is 2.14. The van der Waals surface area contributed by atoms with E-state index in [4.69, 9.17) is 0 Å². The van der Waals surface area contributed by atoms with Gasteiger partial charge in [0.2, 0.25) is 0 Å². The van der Waals surface area contributed by atoms with Crippen LogP contribution in [-0.2, 0) is 0 Å². The zero-order valence-electron chi connectivity index (χ0n) is 10.9. The van der Waals surface area contributed by atoms with Crippen LogP contribution in [0, 0.1) is 11.6 Å². The lowest BCUT2D eigenvalue weighted by atomic mass is 10.1. The summed E-state index contributed by atoms with van der Waals surface area (Å²) >= 11 is 0. The fourth-order valence-corrected chi connectivity index (χ4v) is 1.83. The molecule has 0 unspecified atom stereocenters. The van der Waals surface area contributed by atoms with Gasteiger partial charge in [-0.2, -0.15) is 0 Å². The number of hydrogen-bond donors (Lipinski definition) is 2. The quantitative estimate of drug-likeness (QED) is 0.895. The SMILES string of the molecule is CCNc1c(F)cccc1C(=O)Nc1cccc(F)c1. The Morgan fingerprint density at radius 3 is 2.60 bits per heavy atom. The van der Waals surface area contributed by atoms with Crippen LogP contribution in [0.15, 0.2) is 42.5 Å². The molecule has 0 aromatic heterocycles. The first kappa shape index (κ1) is 14.0. The number of nitrogens with one attached hydrogen (secondary N) is 2. The van der Waals surface area contributed by atoms with E-state index in [2.05, 4.69) is 10.6 Å². The zero-order valence-corrected chi connectivity index (χ0v) is 10.9. The second-order valence-corrected chi connectivity index (χ2v) is 4.16. The summed E-state index contributed by atoms with van der Waals surface area (Å²) in [5, 5.41) is 5.35. The van der Waals surface area contributed by atoms with Gasteiger partial charge in [0.1, 0.15) is 11.6 Å². The molecule has 0 saturated heterocycles. The van der Waals surface area contributed by atoms with E-state index < -0.39 is 17.5 Å². The number of para-hydroxylation sites is 1. The molecule has 1 amide bonds. The number of halogens is 2. The van der Waals surface area contributed by atoms with E-state index in [0.717, 1.165) is 0 Å². The summed E-state index contributed by atoms with van der Waals surface area (Å²) in [6, 6.07) is 9.77. The lowest BCUT2D eigenvalue weighted by Crippen LogP contribution is -2.15. The Hall–Kier alpha value is -2.43. The third-order valence-electron chi connectivity index (χ3n) is 2.69. The standard InChI is InChI=1S/C15H14F2N2O/c1-2-18-14-12(7-4-8-13(14)17)15(20)19-11-6-3-5-10(16)9-11/h3-9,18H,2H2,1H3,(H,19,20). The Morgan fingerprint density at radius 2 is 1.90 bits per heavy atom. The van der Waals surface area contributed by atoms with E-state index in [1.807, 2.05) is 0 Å². The monoisotopic (exact) mass is 276 g/mol. The Balaban J connectivity index is 2.27. The highest BCUT2D eigenvalue weighted by atomic mass is 19.1. The van der Waals surface area contributed by atoms with E-state index in [1.54, 1.807) is 13.0 Å². The maximum Gasteiger partial charge on any atom is 0.257 e. The predicted octanol–water partition coefficient (Wildman–Crippen LogP) is 3.65. The highest BCUT2D eigenvalue weighted by Crippen LogP contribution is 2.21. The molecule has 0 atom stereocenters. The van der Waals surface area contributed by atoms with Crippen molar-refractivity contribution in [3.05, 3.63) is 59.7 Å². The third kappa shape index (κ3) is 3.12. The minimum Gasteiger partial charge on any atom is -0.382 e. The largest absolute Gasteiger partial charge is 0.382 e. The summed E-state index contributed by atoms with van der Waals surface area (Å²) in [5.74, 6) is -1.45. The molecule has 0 radical (unpaired) electrons. The summed E-state index contributed by atoms with van der Waals surface area (Å²) in [6.07, 6.45) is 0. The summed E-state index contributed by atoms with van der Waals surface area (Å²) in [5.41, 5.74) is 0.640. The minimum absolute atomic E-state index is 0.143. The topological polar surface area (TPSA) is 41.1 Å². The molecule has 0 bridgehead atoms. The van der Waals surface area contributed by atoms with Gasteiger partial charge in [-0.15, -0.1) is 0 Å². The third-order valence-corrected chi connectivity index (χ3v) is 2.69. The fourth-order valence-electron chi connectivity index (χ4n) is 1.83. The molecular formula is C15H14F2N2O. The number of anilines is 2. The molecule has 0 aliphatic rings. The molecule has 2 aromatic carbocycles. The number of amides is 1. The zero-order chi connectivity index (χ0) is 14.5. The normalized spacial score (nSPS) is 10.2. The fraction of sp³-hybridized carbons (Fsp3) is 0.133. The summed E-state index contributed by atoms with van der Waals surface area (Å²) in [4.78, 5) is 12.1. The molecular weight excluding hydrogens is 262 g/mol. The summed E-state index contributed by atoms with van der Waals surface area (Å²) < 4.78 is 26.8.